The Kier molecular flexibility index (Phi) is 5.77. The maximum Gasteiger partial charge on any atom is 0.242 e. The van der Waals surface area contributed by atoms with Gasteiger partial charge in [-0.1, -0.05) is 25.1 Å². The summed E-state index contributed by atoms with van der Waals surface area (Å²) in [4.78, 5) is 12.4. The lowest BCUT2D eigenvalue weighted by Crippen LogP contribution is -2.50. The van der Waals surface area contributed by atoms with Gasteiger partial charge in [0.05, 0.1) is 0 Å². The Balaban J connectivity index is 1.58. The number of carbonyl (C=O) groups excluding carboxylic acids is 1. The fourth-order valence-corrected chi connectivity index (χ4v) is 2.67. The molecule has 3 rings (SSSR count). The average Bonchev–Trinajstić information content (AvgIpc) is 3.09. The molecule has 138 valence electrons. The molecule has 0 radical (unpaired) electrons. The van der Waals surface area contributed by atoms with Crippen LogP contribution in [0.2, 0.25) is 0 Å². The summed E-state index contributed by atoms with van der Waals surface area (Å²) in [6, 6.07) is 10.6. The molecule has 2 unspecified atom stereocenters. The molecule has 6 nitrogen and oxygen atoms in total. The number of anilines is 1. The minimum atomic E-state index is -0.688. The number of halogens is 2. The van der Waals surface area contributed by atoms with Crippen LogP contribution >= 0.6 is 0 Å². The van der Waals surface area contributed by atoms with Crippen molar-refractivity contribution in [3.05, 3.63) is 65.2 Å². The van der Waals surface area contributed by atoms with E-state index in [1.807, 2.05) is 24.3 Å². The number of benzene rings is 2. The van der Waals surface area contributed by atoms with Crippen molar-refractivity contribution in [1.82, 2.24) is 21.7 Å². The largest absolute Gasteiger partial charge is 0.367 e. The van der Waals surface area contributed by atoms with Crippen molar-refractivity contribution in [2.24, 2.45) is 0 Å². The summed E-state index contributed by atoms with van der Waals surface area (Å²) in [7, 11) is 0. The van der Waals surface area contributed by atoms with E-state index in [-0.39, 0.29) is 18.0 Å². The molecule has 0 aliphatic carbocycles. The maximum atomic E-state index is 13.7. The molecule has 0 saturated carbocycles. The normalized spacial score (nSPS) is 19.3. The Morgan fingerprint density at radius 3 is 2.58 bits per heavy atom. The van der Waals surface area contributed by atoms with E-state index in [0.29, 0.717) is 0 Å². The standard InChI is InChI=1S/C18H21F2N5O/c1-2-11-3-7-14(8-4-11)22-17-16(23-25-24-17)18(26)21-10-12-5-6-13(19)9-15(12)20/h3-9,16-17,22-25H,2,10H2,1H3,(H,21,26). The number of aryl methyl sites for hydroxylation is 1. The number of amides is 1. The van der Waals surface area contributed by atoms with Crippen LogP contribution in [0.4, 0.5) is 14.5 Å². The summed E-state index contributed by atoms with van der Waals surface area (Å²) in [5, 5.41) is 5.87. The van der Waals surface area contributed by atoms with E-state index >= 15 is 0 Å². The highest BCUT2D eigenvalue weighted by atomic mass is 19.1. The zero-order valence-electron chi connectivity index (χ0n) is 14.3. The van der Waals surface area contributed by atoms with Crippen molar-refractivity contribution in [3.63, 3.8) is 0 Å². The van der Waals surface area contributed by atoms with Gasteiger partial charge in [-0.05, 0) is 30.2 Å². The highest BCUT2D eigenvalue weighted by Gasteiger charge is 2.32. The third-order valence-electron chi connectivity index (χ3n) is 4.22. The fraction of sp³-hybridized carbons (Fsp3) is 0.278. The monoisotopic (exact) mass is 361 g/mol. The lowest BCUT2D eigenvalue weighted by Gasteiger charge is -2.20. The molecule has 1 amide bonds. The number of hydrogen-bond acceptors (Lipinski definition) is 5. The van der Waals surface area contributed by atoms with E-state index in [4.69, 9.17) is 0 Å². The highest BCUT2D eigenvalue weighted by molar-refractivity contribution is 5.83. The number of hydrogen-bond donors (Lipinski definition) is 5. The number of carbonyl (C=O) groups is 1. The second kappa shape index (κ2) is 8.22. The Morgan fingerprint density at radius 2 is 1.88 bits per heavy atom. The molecular formula is C18H21F2N5O. The smallest absolute Gasteiger partial charge is 0.242 e. The predicted molar refractivity (Wildman–Crippen MR) is 94.6 cm³/mol. The molecule has 8 heteroatoms. The number of nitrogens with one attached hydrogen (secondary N) is 5. The molecule has 1 saturated heterocycles. The third kappa shape index (κ3) is 4.34. The Bertz CT molecular complexity index is 769. The molecule has 1 fully saturated rings. The van der Waals surface area contributed by atoms with Gasteiger partial charge in [-0.25, -0.2) is 19.6 Å². The second-order valence-electron chi connectivity index (χ2n) is 6.02. The molecule has 26 heavy (non-hydrogen) atoms. The van der Waals surface area contributed by atoms with Crippen LogP contribution < -0.4 is 27.0 Å². The molecule has 5 N–H and O–H groups in total. The number of rotatable bonds is 6. The van der Waals surface area contributed by atoms with Crippen LogP contribution in [0.5, 0.6) is 0 Å². The maximum absolute atomic E-state index is 13.7. The van der Waals surface area contributed by atoms with Crippen LogP contribution in [0.25, 0.3) is 0 Å². The van der Waals surface area contributed by atoms with Gasteiger partial charge in [0.25, 0.3) is 0 Å². The number of hydrazine groups is 2. The zero-order valence-corrected chi connectivity index (χ0v) is 14.3. The van der Waals surface area contributed by atoms with Gasteiger partial charge < -0.3 is 10.6 Å². The summed E-state index contributed by atoms with van der Waals surface area (Å²) >= 11 is 0. The van der Waals surface area contributed by atoms with Gasteiger partial charge in [0.1, 0.15) is 23.8 Å². The van der Waals surface area contributed by atoms with Crippen molar-refractivity contribution in [3.8, 4) is 0 Å². The van der Waals surface area contributed by atoms with Gasteiger partial charge in [0, 0.05) is 23.9 Å². The van der Waals surface area contributed by atoms with Crippen molar-refractivity contribution in [2.45, 2.75) is 32.1 Å². The molecule has 1 aliphatic rings. The van der Waals surface area contributed by atoms with Gasteiger partial charge in [0.15, 0.2) is 0 Å². The first-order valence-electron chi connectivity index (χ1n) is 8.40. The van der Waals surface area contributed by atoms with Crippen LogP contribution in [0.1, 0.15) is 18.1 Å². The molecule has 0 bridgehead atoms. The van der Waals surface area contributed by atoms with Crippen molar-refractivity contribution in [2.75, 3.05) is 5.32 Å². The molecule has 1 aliphatic heterocycles. The van der Waals surface area contributed by atoms with E-state index in [2.05, 4.69) is 33.9 Å². The SMILES string of the molecule is CCc1ccc(NC2NNNC2C(=O)NCc2ccc(F)cc2F)cc1. The second-order valence-corrected chi connectivity index (χ2v) is 6.02. The predicted octanol–water partition coefficient (Wildman–Crippen LogP) is 1.56. The van der Waals surface area contributed by atoms with Gasteiger partial charge in [-0.3, -0.25) is 4.79 Å². The topological polar surface area (TPSA) is 77.2 Å². The van der Waals surface area contributed by atoms with E-state index < -0.39 is 23.8 Å². The van der Waals surface area contributed by atoms with E-state index in [1.165, 1.54) is 11.6 Å². The quantitative estimate of drug-likeness (QED) is 0.540. The van der Waals surface area contributed by atoms with Gasteiger partial charge in [0.2, 0.25) is 5.91 Å². The summed E-state index contributed by atoms with van der Waals surface area (Å²) in [6.07, 6.45) is 0.552. The van der Waals surface area contributed by atoms with Gasteiger partial charge in [-0.2, -0.15) is 5.53 Å². The van der Waals surface area contributed by atoms with Gasteiger partial charge in [-0.15, -0.1) is 0 Å². The third-order valence-corrected chi connectivity index (χ3v) is 4.22. The molecule has 2 aromatic rings. The van der Waals surface area contributed by atoms with Crippen LogP contribution in [-0.4, -0.2) is 18.1 Å². The molecule has 2 atom stereocenters. The van der Waals surface area contributed by atoms with Crippen LogP contribution in [-0.2, 0) is 17.8 Å². The Labute approximate surface area is 150 Å². The molecule has 2 aromatic carbocycles. The molecule has 0 aromatic heterocycles. The van der Waals surface area contributed by atoms with E-state index in [0.717, 1.165) is 24.2 Å². The summed E-state index contributed by atoms with van der Waals surface area (Å²) < 4.78 is 26.6. The Hall–Kier alpha value is -2.55. The van der Waals surface area contributed by atoms with Crippen LogP contribution in [0.15, 0.2) is 42.5 Å². The minimum absolute atomic E-state index is 0.0267. The van der Waals surface area contributed by atoms with Crippen molar-refractivity contribution in [1.29, 1.82) is 0 Å². The fourth-order valence-electron chi connectivity index (χ4n) is 2.67. The first-order valence-corrected chi connectivity index (χ1v) is 8.40. The zero-order chi connectivity index (χ0) is 18.5. The summed E-state index contributed by atoms with van der Waals surface area (Å²) in [5.41, 5.74) is 10.8. The van der Waals surface area contributed by atoms with E-state index in [9.17, 15) is 13.6 Å². The molecular weight excluding hydrogens is 340 g/mol. The van der Waals surface area contributed by atoms with Crippen LogP contribution in [0, 0.1) is 11.6 Å². The van der Waals surface area contributed by atoms with Crippen LogP contribution in [0.3, 0.4) is 0 Å². The van der Waals surface area contributed by atoms with Crippen molar-refractivity contribution >= 4 is 11.6 Å². The highest BCUT2D eigenvalue weighted by Crippen LogP contribution is 2.13. The molecule has 0 spiro atoms. The van der Waals surface area contributed by atoms with E-state index in [1.54, 1.807) is 0 Å². The first-order chi connectivity index (χ1) is 12.6. The van der Waals surface area contributed by atoms with Crippen molar-refractivity contribution < 1.29 is 13.6 Å². The minimum Gasteiger partial charge on any atom is -0.367 e. The summed E-state index contributed by atoms with van der Waals surface area (Å²) in [6.45, 7) is 2.06. The summed E-state index contributed by atoms with van der Waals surface area (Å²) in [5.74, 6) is -1.66. The lowest BCUT2D eigenvalue weighted by atomic mass is 10.1. The Morgan fingerprint density at radius 1 is 1.12 bits per heavy atom. The lowest BCUT2D eigenvalue weighted by molar-refractivity contribution is -0.123. The first kappa shape index (κ1) is 18.2. The van der Waals surface area contributed by atoms with Gasteiger partial charge >= 0.3 is 0 Å². The average molecular weight is 361 g/mol. The molecule has 1 heterocycles.